The average Bonchev–Trinajstić information content (AvgIpc) is 3.09. The van der Waals surface area contributed by atoms with Crippen molar-refractivity contribution in [1.29, 1.82) is 0 Å². The number of rotatable bonds is 3. The Labute approximate surface area is 141 Å². The fraction of sp³-hybridized carbons (Fsp3) is 0.611. The molecule has 2 heterocycles. The molecular formula is C18H25N3O3. The minimum Gasteiger partial charge on any atom is -0.352 e. The van der Waals surface area contributed by atoms with Crippen LogP contribution in [0.5, 0.6) is 0 Å². The summed E-state index contributed by atoms with van der Waals surface area (Å²) in [5.41, 5.74) is 0.142. The summed E-state index contributed by atoms with van der Waals surface area (Å²) in [7, 11) is 1.65. The lowest BCUT2D eigenvalue weighted by Gasteiger charge is -2.35. The van der Waals surface area contributed by atoms with Gasteiger partial charge in [-0.3, -0.25) is 14.4 Å². The monoisotopic (exact) mass is 331 g/mol. The van der Waals surface area contributed by atoms with E-state index in [4.69, 9.17) is 0 Å². The molecule has 6 nitrogen and oxygen atoms in total. The highest BCUT2D eigenvalue weighted by atomic mass is 16.2. The second-order valence-electron chi connectivity index (χ2n) is 6.86. The first-order chi connectivity index (χ1) is 11.6. The highest BCUT2D eigenvalue weighted by Crippen LogP contribution is 2.22. The minimum absolute atomic E-state index is 0.0428. The quantitative estimate of drug-likeness (QED) is 0.911. The number of aryl methyl sites for hydroxylation is 1. The number of carbonyl (C=O) groups is 2. The topological polar surface area (TPSA) is 71.4 Å². The Hall–Kier alpha value is -2.11. The van der Waals surface area contributed by atoms with Gasteiger partial charge >= 0.3 is 0 Å². The fourth-order valence-corrected chi connectivity index (χ4v) is 3.66. The summed E-state index contributed by atoms with van der Waals surface area (Å²) < 4.78 is 1.43. The summed E-state index contributed by atoms with van der Waals surface area (Å²) in [5, 5.41) is 3.11. The summed E-state index contributed by atoms with van der Waals surface area (Å²) in [6, 6.07) is 2.82. The molecule has 2 amide bonds. The normalized spacial score (nSPS) is 21.7. The highest BCUT2D eigenvalue weighted by molar-refractivity contribution is 5.97. The van der Waals surface area contributed by atoms with Crippen molar-refractivity contribution in [3.05, 3.63) is 34.2 Å². The van der Waals surface area contributed by atoms with Gasteiger partial charge in [0.05, 0.1) is 0 Å². The molecule has 1 saturated carbocycles. The Morgan fingerprint density at radius 3 is 2.54 bits per heavy atom. The highest BCUT2D eigenvalue weighted by Gasteiger charge is 2.34. The number of amides is 2. The van der Waals surface area contributed by atoms with E-state index >= 15 is 0 Å². The number of aromatic nitrogens is 1. The smallest absolute Gasteiger partial charge is 0.254 e. The van der Waals surface area contributed by atoms with E-state index in [9.17, 15) is 14.4 Å². The van der Waals surface area contributed by atoms with Crippen LogP contribution in [0.3, 0.4) is 0 Å². The molecule has 1 aromatic rings. The maximum Gasteiger partial charge on any atom is 0.254 e. The van der Waals surface area contributed by atoms with E-state index in [0.717, 1.165) is 38.5 Å². The van der Waals surface area contributed by atoms with Crippen LogP contribution in [0.4, 0.5) is 0 Å². The molecule has 2 fully saturated rings. The van der Waals surface area contributed by atoms with E-state index in [0.29, 0.717) is 18.5 Å². The van der Waals surface area contributed by atoms with Crippen LogP contribution in [0, 0.1) is 0 Å². The van der Waals surface area contributed by atoms with Gasteiger partial charge in [-0.25, -0.2) is 0 Å². The van der Waals surface area contributed by atoms with Crippen LogP contribution in [0.2, 0.25) is 0 Å². The molecule has 1 N–H and O–H groups in total. The van der Waals surface area contributed by atoms with Gasteiger partial charge in [-0.2, -0.15) is 0 Å². The van der Waals surface area contributed by atoms with Crippen LogP contribution in [-0.2, 0) is 11.8 Å². The maximum absolute atomic E-state index is 12.8. The first-order valence-corrected chi connectivity index (χ1v) is 8.84. The van der Waals surface area contributed by atoms with Crippen molar-refractivity contribution in [3.8, 4) is 0 Å². The second-order valence-corrected chi connectivity index (χ2v) is 6.86. The summed E-state index contributed by atoms with van der Waals surface area (Å²) in [5.74, 6) is -0.266. The van der Waals surface area contributed by atoms with Gasteiger partial charge in [-0.05, 0) is 38.2 Å². The zero-order valence-electron chi connectivity index (χ0n) is 14.2. The van der Waals surface area contributed by atoms with Gasteiger partial charge in [0.25, 0.3) is 11.5 Å². The van der Waals surface area contributed by atoms with Gasteiger partial charge in [0, 0.05) is 37.5 Å². The van der Waals surface area contributed by atoms with Crippen molar-refractivity contribution in [2.45, 2.75) is 57.0 Å². The first kappa shape index (κ1) is 16.7. The number of pyridine rings is 1. The zero-order chi connectivity index (χ0) is 17.1. The third-order valence-corrected chi connectivity index (χ3v) is 5.12. The molecule has 1 aromatic heterocycles. The zero-order valence-corrected chi connectivity index (χ0v) is 14.2. The van der Waals surface area contributed by atoms with Crippen LogP contribution in [0.1, 0.15) is 55.3 Å². The lowest BCUT2D eigenvalue weighted by atomic mass is 9.99. The maximum atomic E-state index is 12.8. The van der Waals surface area contributed by atoms with Crippen molar-refractivity contribution >= 4 is 11.8 Å². The molecule has 0 unspecified atom stereocenters. The van der Waals surface area contributed by atoms with Gasteiger partial charge in [-0.1, -0.05) is 12.8 Å². The lowest BCUT2D eigenvalue weighted by molar-refractivity contribution is -0.127. The molecule has 6 heteroatoms. The first-order valence-electron chi connectivity index (χ1n) is 8.84. The van der Waals surface area contributed by atoms with Crippen molar-refractivity contribution in [1.82, 2.24) is 14.8 Å². The fourth-order valence-electron chi connectivity index (χ4n) is 3.66. The molecule has 1 atom stereocenters. The summed E-state index contributed by atoms with van der Waals surface area (Å²) in [6.45, 7) is 0.566. The third kappa shape index (κ3) is 3.52. The molecule has 1 aliphatic carbocycles. The summed E-state index contributed by atoms with van der Waals surface area (Å²) in [4.78, 5) is 38.9. The second kappa shape index (κ2) is 7.20. The number of carbonyl (C=O) groups excluding carboxylic acids is 2. The van der Waals surface area contributed by atoms with E-state index in [1.54, 1.807) is 24.2 Å². The van der Waals surface area contributed by atoms with Gasteiger partial charge in [0.15, 0.2) is 0 Å². The standard InChI is InChI=1S/C18H25N3O3/c1-20-11-9-13(12-16(20)22)18(24)21-10-5-4-8-15(21)17(23)19-14-6-2-3-7-14/h9,11-12,14-15H,2-8,10H2,1H3,(H,19,23)/t15-/m1/s1. The molecule has 1 aliphatic heterocycles. The van der Waals surface area contributed by atoms with Crippen molar-refractivity contribution in [3.63, 3.8) is 0 Å². The number of piperidine rings is 1. The summed E-state index contributed by atoms with van der Waals surface area (Å²) >= 11 is 0. The Balaban J connectivity index is 1.75. The molecule has 0 bridgehead atoms. The molecule has 130 valence electrons. The van der Waals surface area contributed by atoms with E-state index in [-0.39, 0.29) is 23.4 Å². The average molecular weight is 331 g/mol. The van der Waals surface area contributed by atoms with Gasteiger partial charge in [0.2, 0.25) is 5.91 Å². The summed E-state index contributed by atoms with van der Waals surface area (Å²) in [6.07, 6.45) is 8.49. The van der Waals surface area contributed by atoms with Crippen LogP contribution < -0.4 is 10.9 Å². The van der Waals surface area contributed by atoms with Crippen LogP contribution in [-0.4, -0.2) is 39.9 Å². The van der Waals surface area contributed by atoms with Crippen LogP contribution in [0.25, 0.3) is 0 Å². The molecule has 0 aromatic carbocycles. The van der Waals surface area contributed by atoms with Crippen molar-refractivity contribution in [2.24, 2.45) is 7.05 Å². The Morgan fingerprint density at radius 1 is 1.12 bits per heavy atom. The number of likely N-dealkylation sites (tertiary alicyclic amines) is 1. The minimum atomic E-state index is -0.420. The van der Waals surface area contributed by atoms with Crippen molar-refractivity contribution in [2.75, 3.05) is 6.54 Å². The third-order valence-electron chi connectivity index (χ3n) is 5.12. The predicted octanol–water partition coefficient (Wildman–Crippen LogP) is 1.44. The lowest BCUT2D eigenvalue weighted by Crippen LogP contribution is -2.53. The Bertz CT molecular complexity index is 676. The Morgan fingerprint density at radius 2 is 1.83 bits per heavy atom. The molecule has 0 radical (unpaired) electrons. The molecule has 3 rings (SSSR count). The molecule has 24 heavy (non-hydrogen) atoms. The van der Waals surface area contributed by atoms with Crippen LogP contribution >= 0.6 is 0 Å². The molecule has 2 aliphatic rings. The Kier molecular flexibility index (Phi) is 5.02. The number of nitrogens with one attached hydrogen (secondary N) is 1. The van der Waals surface area contributed by atoms with E-state index in [1.165, 1.54) is 10.6 Å². The predicted molar refractivity (Wildman–Crippen MR) is 90.8 cm³/mol. The molecule has 1 saturated heterocycles. The van der Waals surface area contributed by atoms with Crippen LogP contribution in [0.15, 0.2) is 23.1 Å². The molecule has 0 spiro atoms. The van der Waals surface area contributed by atoms with Gasteiger partial charge in [0.1, 0.15) is 6.04 Å². The van der Waals surface area contributed by atoms with Gasteiger partial charge in [-0.15, -0.1) is 0 Å². The number of hydrogen-bond acceptors (Lipinski definition) is 3. The SMILES string of the molecule is Cn1ccc(C(=O)N2CCCC[C@@H]2C(=O)NC2CCCC2)cc1=O. The largest absolute Gasteiger partial charge is 0.352 e. The van der Waals surface area contributed by atoms with Crippen molar-refractivity contribution < 1.29 is 9.59 Å². The number of hydrogen-bond donors (Lipinski definition) is 1. The van der Waals surface area contributed by atoms with Gasteiger partial charge < -0.3 is 14.8 Å². The van der Waals surface area contributed by atoms with E-state index in [1.807, 2.05) is 0 Å². The van der Waals surface area contributed by atoms with E-state index in [2.05, 4.69) is 5.32 Å². The number of nitrogens with zero attached hydrogens (tertiary/aromatic N) is 2. The molecular weight excluding hydrogens is 306 g/mol. The van der Waals surface area contributed by atoms with E-state index < -0.39 is 6.04 Å².